The van der Waals surface area contributed by atoms with E-state index in [0.717, 1.165) is 17.9 Å². The second-order valence-electron chi connectivity index (χ2n) is 4.22. The Labute approximate surface area is 142 Å². The quantitative estimate of drug-likeness (QED) is 0.367. The normalized spacial score (nSPS) is 10.5. The van der Waals surface area contributed by atoms with Gasteiger partial charge in [0.05, 0.1) is 13.7 Å². The van der Waals surface area contributed by atoms with E-state index in [1.165, 1.54) is 0 Å². The molecule has 0 atom stereocenters. The number of nitrogens with two attached hydrogens (primary N) is 1. The first-order valence-electron chi connectivity index (χ1n) is 6.63. The molecule has 118 valence electrons. The fourth-order valence-electron chi connectivity index (χ4n) is 1.49. The van der Waals surface area contributed by atoms with E-state index in [9.17, 15) is 4.79 Å². The first-order chi connectivity index (χ1) is 9.65. The Kier molecular flexibility index (Phi) is 10.4. The highest BCUT2D eigenvalue weighted by Gasteiger charge is 2.00. The number of ether oxygens (including phenoxy) is 1. The van der Waals surface area contributed by atoms with Crippen LogP contribution in [0.15, 0.2) is 29.3 Å². The molecule has 0 aliphatic carbocycles. The molecule has 1 aromatic rings. The number of hydrogen-bond donors (Lipinski definition) is 3. The van der Waals surface area contributed by atoms with Crippen molar-refractivity contribution in [3.63, 3.8) is 0 Å². The lowest BCUT2D eigenvalue weighted by atomic mass is 10.3. The van der Waals surface area contributed by atoms with Crippen molar-refractivity contribution in [2.45, 2.75) is 19.8 Å². The lowest BCUT2D eigenvalue weighted by Crippen LogP contribution is -2.26. The highest BCUT2D eigenvalue weighted by atomic mass is 127. The predicted molar refractivity (Wildman–Crippen MR) is 96.4 cm³/mol. The third-order valence-corrected chi connectivity index (χ3v) is 2.56. The third-order valence-electron chi connectivity index (χ3n) is 2.56. The first-order valence-corrected chi connectivity index (χ1v) is 6.63. The maximum absolute atomic E-state index is 11.4. The largest absolute Gasteiger partial charge is 0.497 e. The number of nitrogens with zero attached hydrogens (tertiary/aromatic N) is 1. The Balaban J connectivity index is 0.00000400. The molecule has 0 saturated heterocycles. The molecule has 1 aromatic carbocycles. The molecule has 0 aliphatic heterocycles. The summed E-state index contributed by atoms with van der Waals surface area (Å²) in [5.41, 5.74) is 6.56. The zero-order valence-electron chi connectivity index (χ0n) is 12.4. The maximum Gasteiger partial charge on any atom is 0.221 e. The molecular weight excluding hydrogens is 383 g/mol. The van der Waals surface area contributed by atoms with Crippen molar-refractivity contribution >= 4 is 41.5 Å². The molecule has 0 unspecified atom stereocenters. The Morgan fingerprint density at radius 3 is 2.57 bits per heavy atom. The molecule has 0 heterocycles. The van der Waals surface area contributed by atoms with Crippen LogP contribution >= 0.6 is 24.0 Å². The first kappa shape index (κ1) is 19.5. The number of guanidine groups is 1. The topological polar surface area (TPSA) is 88.7 Å². The highest BCUT2D eigenvalue weighted by molar-refractivity contribution is 14.0. The van der Waals surface area contributed by atoms with Gasteiger partial charge >= 0.3 is 0 Å². The minimum Gasteiger partial charge on any atom is -0.497 e. The average molecular weight is 406 g/mol. The summed E-state index contributed by atoms with van der Waals surface area (Å²) in [6.07, 6.45) is 1.27. The lowest BCUT2D eigenvalue weighted by Gasteiger charge is -2.06. The Hall–Kier alpha value is -1.51. The molecule has 0 aliphatic rings. The summed E-state index contributed by atoms with van der Waals surface area (Å²) in [6.45, 7) is 3.07. The zero-order valence-corrected chi connectivity index (χ0v) is 14.7. The summed E-state index contributed by atoms with van der Waals surface area (Å²) in [4.78, 5) is 15.5. The molecule has 6 nitrogen and oxygen atoms in total. The predicted octanol–water partition coefficient (Wildman–Crippen LogP) is 1.96. The zero-order chi connectivity index (χ0) is 14.8. The van der Waals surface area contributed by atoms with Gasteiger partial charge in [0.2, 0.25) is 5.91 Å². The van der Waals surface area contributed by atoms with Crippen LogP contribution in [-0.2, 0) is 4.79 Å². The van der Waals surface area contributed by atoms with Crippen molar-refractivity contribution in [1.29, 1.82) is 0 Å². The SMILES string of the molecule is CCCNC(=O)CCN=C(N)Nc1ccc(OC)cc1.I. The number of hydrogen-bond acceptors (Lipinski definition) is 3. The van der Waals surface area contributed by atoms with Crippen LogP contribution in [0.5, 0.6) is 5.75 Å². The van der Waals surface area contributed by atoms with E-state index in [4.69, 9.17) is 10.5 Å². The van der Waals surface area contributed by atoms with Gasteiger partial charge < -0.3 is 21.1 Å². The average Bonchev–Trinajstić information content (AvgIpc) is 2.46. The molecule has 1 amide bonds. The molecule has 0 spiro atoms. The molecule has 0 aromatic heterocycles. The number of methoxy groups -OCH3 is 1. The summed E-state index contributed by atoms with van der Waals surface area (Å²) in [5, 5.41) is 5.74. The third kappa shape index (κ3) is 8.38. The number of amides is 1. The van der Waals surface area contributed by atoms with Crippen molar-refractivity contribution in [2.24, 2.45) is 10.7 Å². The van der Waals surface area contributed by atoms with Gasteiger partial charge in [-0.05, 0) is 30.7 Å². The van der Waals surface area contributed by atoms with E-state index >= 15 is 0 Å². The molecular formula is C14H23IN4O2. The molecule has 4 N–H and O–H groups in total. The molecule has 0 fully saturated rings. The molecule has 0 saturated carbocycles. The van der Waals surface area contributed by atoms with Gasteiger partial charge in [-0.25, -0.2) is 0 Å². The number of benzene rings is 1. The van der Waals surface area contributed by atoms with E-state index in [1.54, 1.807) is 7.11 Å². The smallest absolute Gasteiger partial charge is 0.221 e. The number of carbonyl (C=O) groups excluding carboxylic acids is 1. The van der Waals surface area contributed by atoms with Gasteiger partial charge in [0.1, 0.15) is 5.75 Å². The van der Waals surface area contributed by atoms with Crippen molar-refractivity contribution in [2.75, 3.05) is 25.5 Å². The number of aliphatic imine (C=N–C) groups is 1. The van der Waals surface area contributed by atoms with E-state index in [0.29, 0.717) is 25.5 Å². The second kappa shape index (κ2) is 11.2. The molecule has 0 radical (unpaired) electrons. The van der Waals surface area contributed by atoms with Crippen molar-refractivity contribution in [1.82, 2.24) is 5.32 Å². The van der Waals surface area contributed by atoms with Crippen LogP contribution in [0.1, 0.15) is 19.8 Å². The molecule has 21 heavy (non-hydrogen) atoms. The van der Waals surface area contributed by atoms with E-state index in [2.05, 4.69) is 15.6 Å². The van der Waals surface area contributed by atoms with Crippen LogP contribution in [-0.4, -0.2) is 32.1 Å². The second-order valence-corrected chi connectivity index (χ2v) is 4.22. The van der Waals surface area contributed by atoms with Gasteiger partial charge in [0.25, 0.3) is 0 Å². The van der Waals surface area contributed by atoms with Crippen LogP contribution in [0.25, 0.3) is 0 Å². The van der Waals surface area contributed by atoms with E-state index in [-0.39, 0.29) is 29.9 Å². The van der Waals surface area contributed by atoms with Gasteiger partial charge in [0.15, 0.2) is 5.96 Å². The number of carbonyl (C=O) groups is 1. The standard InChI is InChI=1S/C14H22N4O2.HI/c1-3-9-16-13(19)8-10-17-14(15)18-11-4-6-12(20-2)7-5-11;/h4-7H,3,8-10H2,1-2H3,(H,16,19)(H3,15,17,18);1H. The summed E-state index contributed by atoms with van der Waals surface area (Å²) in [5.74, 6) is 1.06. The molecule has 0 bridgehead atoms. The Bertz CT molecular complexity index is 449. The summed E-state index contributed by atoms with van der Waals surface area (Å²) >= 11 is 0. The van der Waals surface area contributed by atoms with Crippen molar-refractivity contribution < 1.29 is 9.53 Å². The Morgan fingerprint density at radius 1 is 1.33 bits per heavy atom. The van der Waals surface area contributed by atoms with Gasteiger partial charge in [-0.1, -0.05) is 6.92 Å². The highest BCUT2D eigenvalue weighted by Crippen LogP contribution is 2.14. The minimum absolute atomic E-state index is 0. The monoisotopic (exact) mass is 406 g/mol. The van der Waals surface area contributed by atoms with Crippen LogP contribution in [0.3, 0.4) is 0 Å². The van der Waals surface area contributed by atoms with Crippen LogP contribution in [0.4, 0.5) is 5.69 Å². The summed E-state index contributed by atoms with van der Waals surface area (Å²) < 4.78 is 5.06. The maximum atomic E-state index is 11.4. The van der Waals surface area contributed by atoms with Gasteiger partial charge in [-0.15, -0.1) is 24.0 Å². The van der Waals surface area contributed by atoms with Crippen LogP contribution in [0.2, 0.25) is 0 Å². The number of halogens is 1. The van der Waals surface area contributed by atoms with Crippen molar-refractivity contribution in [3.05, 3.63) is 24.3 Å². The van der Waals surface area contributed by atoms with Gasteiger partial charge in [-0.3, -0.25) is 9.79 Å². The number of nitrogens with one attached hydrogen (secondary N) is 2. The van der Waals surface area contributed by atoms with Crippen LogP contribution < -0.4 is 21.1 Å². The van der Waals surface area contributed by atoms with E-state index in [1.807, 2.05) is 31.2 Å². The number of anilines is 1. The van der Waals surface area contributed by atoms with Crippen LogP contribution in [0, 0.1) is 0 Å². The minimum atomic E-state index is -0.00662. The molecule has 1 rings (SSSR count). The summed E-state index contributed by atoms with van der Waals surface area (Å²) in [6, 6.07) is 7.34. The molecule has 7 heteroatoms. The fourth-order valence-corrected chi connectivity index (χ4v) is 1.49. The Morgan fingerprint density at radius 2 is 2.00 bits per heavy atom. The lowest BCUT2D eigenvalue weighted by molar-refractivity contribution is -0.120. The van der Waals surface area contributed by atoms with Crippen molar-refractivity contribution in [3.8, 4) is 5.75 Å². The van der Waals surface area contributed by atoms with E-state index < -0.39 is 0 Å². The van der Waals surface area contributed by atoms with Gasteiger partial charge in [-0.2, -0.15) is 0 Å². The fraction of sp³-hybridized carbons (Fsp3) is 0.429. The van der Waals surface area contributed by atoms with Gasteiger partial charge in [0, 0.05) is 18.7 Å². The number of rotatable bonds is 7. The summed E-state index contributed by atoms with van der Waals surface area (Å²) in [7, 11) is 1.61.